The predicted molar refractivity (Wildman–Crippen MR) is 158 cm³/mol. The van der Waals surface area contributed by atoms with E-state index in [9.17, 15) is 18.0 Å². The van der Waals surface area contributed by atoms with E-state index >= 15 is 0 Å². The quantitative estimate of drug-likeness (QED) is 0.328. The minimum atomic E-state index is -4.19. The summed E-state index contributed by atoms with van der Waals surface area (Å²) in [6.45, 7) is 6.37. The average molecular weight is 607 g/mol. The third-order valence-electron chi connectivity index (χ3n) is 6.03. The highest BCUT2D eigenvalue weighted by Crippen LogP contribution is 2.29. The van der Waals surface area contributed by atoms with Gasteiger partial charge in [0.1, 0.15) is 18.3 Å². The van der Waals surface area contributed by atoms with Gasteiger partial charge >= 0.3 is 0 Å². The fourth-order valence-electron chi connectivity index (χ4n) is 3.91. The van der Waals surface area contributed by atoms with Crippen LogP contribution in [0.4, 0.5) is 5.69 Å². The molecule has 3 rings (SSSR count). The van der Waals surface area contributed by atoms with Gasteiger partial charge < -0.3 is 15.0 Å². The van der Waals surface area contributed by atoms with Crippen LogP contribution in [0.15, 0.2) is 77.7 Å². The Bertz CT molecular complexity index is 1420. The number of nitrogens with one attached hydrogen (secondary N) is 1. The van der Waals surface area contributed by atoms with Gasteiger partial charge in [-0.1, -0.05) is 47.5 Å². The number of methoxy groups -OCH3 is 1. The van der Waals surface area contributed by atoms with Crippen molar-refractivity contribution in [3.63, 3.8) is 0 Å². The Balaban J connectivity index is 2.05. The van der Waals surface area contributed by atoms with E-state index in [0.29, 0.717) is 21.4 Å². The Morgan fingerprint density at radius 2 is 1.50 bits per heavy atom. The molecule has 0 heterocycles. The summed E-state index contributed by atoms with van der Waals surface area (Å²) >= 11 is 12.8. The van der Waals surface area contributed by atoms with Crippen LogP contribution in [0.1, 0.15) is 33.3 Å². The molecule has 0 saturated carbocycles. The first-order valence-electron chi connectivity index (χ1n) is 12.5. The molecule has 2 amide bonds. The van der Waals surface area contributed by atoms with Crippen molar-refractivity contribution in [2.75, 3.05) is 18.0 Å². The number of para-hydroxylation sites is 1. The normalized spacial score (nSPS) is 12.4. The summed E-state index contributed by atoms with van der Waals surface area (Å²) in [6, 6.07) is 18.1. The first-order chi connectivity index (χ1) is 18.7. The molecule has 3 aromatic rings. The summed E-state index contributed by atoms with van der Waals surface area (Å²) in [5.74, 6) is -0.537. The SMILES string of the molecule is COc1ccc(S(=O)(=O)N(CC(=O)N(Cc2c(Cl)cccc2Cl)[C@H](C)C(=O)NC(C)(C)C)c2ccccc2)cc1. The van der Waals surface area contributed by atoms with Gasteiger partial charge in [0.2, 0.25) is 11.8 Å². The Morgan fingerprint density at radius 1 is 0.925 bits per heavy atom. The summed E-state index contributed by atoms with van der Waals surface area (Å²) < 4.78 is 33.9. The van der Waals surface area contributed by atoms with Crippen molar-refractivity contribution in [1.82, 2.24) is 10.2 Å². The van der Waals surface area contributed by atoms with Crippen LogP contribution in [0.5, 0.6) is 5.75 Å². The molecule has 0 bridgehead atoms. The highest BCUT2D eigenvalue weighted by molar-refractivity contribution is 7.92. The molecular formula is C29H33Cl2N3O5S. The number of anilines is 1. The van der Waals surface area contributed by atoms with E-state index in [0.717, 1.165) is 4.31 Å². The van der Waals surface area contributed by atoms with Crippen molar-refractivity contribution >= 4 is 50.7 Å². The van der Waals surface area contributed by atoms with E-state index < -0.39 is 40.0 Å². The van der Waals surface area contributed by atoms with Crippen LogP contribution in [0.25, 0.3) is 0 Å². The minimum absolute atomic E-state index is 0.0239. The van der Waals surface area contributed by atoms with Crippen LogP contribution in [0.2, 0.25) is 10.0 Å². The number of rotatable bonds is 10. The third kappa shape index (κ3) is 7.68. The number of carbonyl (C=O) groups excluding carboxylic acids is 2. The molecule has 40 heavy (non-hydrogen) atoms. The molecule has 0 aliphatic rings. The van der Waals surface area contributed by atoms with Crippen LogP contribution >= 0.6 is 23.2 Å². The summed E-state index contributed by atoms with van der Waals surface area (Å²) in [5.41, 5.74) is 0.170. The lowest BCUT2D eigenvalue weighted by molar-refractivity contribution is -0.140. The number of carbonyl (C=O) groups is 2. The Kier molecular flexibility index (Phi) is 10.1. The van der Waals surface area contributed by atoms with E-state index in [4.69, 9.17) is 27.9 Å². The molecule has 0 saturated heterocycles. The number of ether oxygens (including phenoxy) is 1. The van der Waals surface area contributed by atoms with E-state index in [2.05, 4.69) is 5.32 Å². The second-order valence-corrected chi connectivity index (χ2v) is 12.8. The molecule has 1 atom stereocenters. The van der Waals surface area contributed by atoms with Crippen LogP contribution in [0, 0.1) is 0 Å². The van der Waals surface area contributed by atoms with Crippen molar-refractivity contribution in [3.8, 4) is 5.75 Å². The highest BCUT2D eigenvalue weighted by Gasteiger charge is 2.34. The number of hydrogen-bond acceptors (Lipinski definition) is 5. The maximum atomic E-state index is 14.0. The standard InChI is InChI=1S/C29H33Cl2N3O5S/c1-20(28(36)32-29(2,3)4)33(18-24-25(30)12-9-13-26(24)31)27(35)19-34(21-10-7-6-8-11-21)40(37,38)23-16-14-22(39-5)15-17-23/h6-17,20H,18-19H2,1-5H3,(H,32,36)/t20-/m1/s1. The molecule has 0 spiro atoms. The number of benzene rings is 3. The van der Waals surface area contributed by atoms with Crippen LogP contribution in [-0.2, 0) is 26.2 Å². The fraction of sp³-hybridized carbons (Fsp3) is 0.310. The first-order valence-corrected chi connectivity index (χ1v) is 14.7. The number of sulfonamides is 1. The molecule has 8 nitrogen and oxygen atoms in total. The van der Waals surface area contributed by atoms with Gasteiger partial charge in [-0.3, -0.25) is 13.9 Å². The van der Waals surface area contributed by atoms with E-state index in [1.807, 2.05) is 20.8 Å². The van der Waals surface area contributed by atoms with Crippen molar-refractivity contribution in [3.05, 3.63) is 88.4 Å². The number of hydrogen-bond donors (Lipinski definition) is 1. The van der Waals surface area contributed by atoms with Gasteiger partial charge in [-0.25, -0.2) is 8.42 Å². The maximum Gasteiger partial charge on any atom is 0.264 e. The number of nitrogens with zero attached hydrogens (tertiary/aromatic N) is 2. The molecule has 214 valence electrons. The van der Waals surface area contributed by atoms with Crippen LogP contribution in [0.3, 0.4) is 0 Å². The lowest BCUT2D eigenvalue weighted by Gasteiger charge is -2.33. The Morgan fingerprint density at radius 3 is 2.02 bits per heavy atom. The average Bonchev–Trinajstić information content (AvgIpc) is 2.90. The van der Waals surface area contributed by atoms with Crippen LogP contribution < -0.4 is 14.4 Å². The highest BCUT2D eigenvalue weighted by atomic mass is 35.5. The van der Waals surface area contributed by atoms with Crippen LogP contribution in [-0.4, -0.2) is 50.4 Å². The van der Waals surface area contributed by atoms with Crippen molar-refractivity contribution in [1.29, 1.82) is 0 Å². The summed E-state index contributed by atoms with van der Waals surface area (Å²) in [5, 5.41) is 3.52. The van der Waals surface area contributed by atoms with Gasteiger partial charge in [0.05, 0.1) is 17.7 Å². The summed E-state index contributed by atoms with van der Waals surface area (Å²) in [7, 11) is -2.71. The molecule has 3 aromatic carbocycles. The molecule has 0 unspecified atom stereocenters. The van der Waals surface area contributed by atoms with Gasteiger partial charge in [0.15, 0.2) is 0 Å². The fourth-order valence-corrected chi connectivity index (χ4v) is 5.84. The lowest BCUT2D eigenvalue weighted by Crippen LogP contribution is -2.54. The zero-order chi connectivity index (χ0) is 29.7. The van der Waals surface area contributed by atoms with Crippen molar-refractivity contribution < 1.29 is 22.7 Å². The van der Waals surface area contributed by atoms with Gasteiger partial charge in [-0.2, -0.15) is 0 Å². The number of amides is 2. The molecule has 0 radical (unpaired) electrons. The van der Waals surface area contributed by atoms with E-state index in [1.165, 1.54) is 36.3 Å². The second-order valence-electron chi connectivity index (χ2n) is 10.2. The monoisotopic (exact) mass is 605 g/mol. The molecule has 0 aliphatic heterocycles. The molecular weight excluding hydrogens is 573 g/mol. The van der Waals surface area contributed by atoms with Gasteiger partial charge in [0, 0.05) is 27.7 Å². The third-order valence-corrected chi connectivity index (χ3v) is 8.52. The Labute approximate surface area is 245 Å². The first kappa shape index (κ1) is 31.3. The molecule has 1 N–H and O–H groups in total. The molecule has 11 heteroatoms. The summed E-state index contributed by atoms with van der Waals surface area (Å²) in [4.78, 5) is 28.4. The van der Waals surface area contributed by atoms with Gasteiger partial charge in [0.25, 0.3) is 10.0 Å². The number of halogens is 2. The smallest absolute Gasteiger partial charge is 0.264 e. The summed E-state index contributed by atoms with van der Waals surface area (Å²) in [6.07, 6.45) is 0. The minimum Gasteiger partial charge on any atom is -0.497 e. The topological polar surface area (TPSA) is 96.0 Å². The van der Waals surface area contributed by atoms with Crippen molar-refractivity contribution in [2.45, 2.75) is 50.7 Å². The maximum absolute atomic E-state index is 14.0. The van der Waals surface area contributed by atoms with E-state index in [-0.39, 0.29) is 17.1 Å². The second kappa shape index (κ2) is 12.9. The lowest BCUT2D eigenvalue weighted by atomic mass is 10.1. The molecule has 0 aliphatic carbocycles. The Hall–Kier alpha value is -3.27. The largest absolute Gasteiger partial charge is 0.497 e. The van der Waals surface area contributed by atoms with Gasteiger partial charge in [-0.15, -0.1) is 0 Å². The molecule has 0 aromatic heterocycles. The predicted octanol–water partition coefficient (Wildman–Crippen LogP) is 5.53. The zero-order valence-electron chi connectivity index (χ0n) is 23.0. The zero-order valence-corrected chi connectivity index (χ0v) is 25.3. The van der Waals surface area contributed by atoms with Gasteiger partial charge in [-0.05, 0) is 76.2 Å². The molecule has 0 fully saturated rings. The van der Waals surface area contributed by atoms with Crippen molar-refractivity contribution in [2.24, 2.45) is 0 Å². The van der Waals surface area contributed by atoms with E-state index in [1.54, 1.807) is 55.5 Å².